The summed E-state index contributed by atoms with van der Waals surface area (Å²) in [5.74, 6) is -0.793. The number of amides is 1. The van der Waals surface area contributed by atoms with Gasteiger partial charge in [-0.15, -0.1) is 0 Å². The molecule has 0 spiro atoms. The average Bonchev–Trinajstić information content (AvgIpc) is 2.84. The molecule has 10 heteroatoms. The van der Waals surface area contributed by atoms with Gasteiger partial charge in [0.25, 0.3) is 0 Å². The van der Waals surface area contributed by atoms with Crippen LogP contribution in [0.25, 0.3) is 0 Å². The summed E-state index contributed by atoms with van der Waals surface area (Å²) in [6.07, 6.45) is 3.56. The smallest absolute Gasteiger partial charge is 0.330 e. The van der Waals surface area contributed by atoms with E-state index in [4.69, 9.17) is 24.1 Å². The second kappa shape index (κ2) is 19.4. The number of hydrogen-bond acceptors (Lipinski definition) is 9. The minimum atomic E-state index is -0.571. The summed E-state index contributed by atoms with van der Waals surface area (Å²) >= 11 is 0. The van der Waals surface area contributed by atoms with Crippen molar-refractivity contribution in [3.63, 3.8) is 0 Å². The van der Waals surface area contributed by atoms with E-state index in [0.29, 0.717) is 32.2 Å². The molecule has 35 heavy (non-hydrogen) atoms. The van der Waals surface area contributed by atoms with Gasteiger partial charge in [0.2, 0.25) is 5.91 Å². The van der Waals surface area contributed by atoms with Gasteiger partial charge in [-0.25, -0.2) is 4.79 Å². The van der Waals surface area contributed by atoms with Crippen LogP contribution in [0, 0.1) is 0 Å². The molecule has 1 aliphatic heterocycles. The first kappa shape index (κ1) is 33.2. The molecule has 1 saturated heterocycles. The molecule has 1 amide bonds. The van der Waals surface area contributed by atoms with Gasteiger partial charge >= 0.3 is 5.97 Å². The summed E-state index contributed by atoms with van der Waals surface area (Å²) in [7, 11) is 0. The molecule has 0 aromatic rings. The maximum atomic E-state index is 11.1. The number of carbonyl (C=O) groups is 2. The molecule has 0 aromatic heterocycles. The Kier molecular flexibility index (Phi) is 18.4. The third kappa shape index (κ3) is 16.5. The number of aliphatic hydroxyl groups excluding tert-OH is 3. The summed E-state index contributed by atoms with van der Waals surface area (Å²) in [6.45, 7) is 14.3. The Hall–Kier alpha value is -1.82. The van der Waals surface area contributed by atoms with E-state index in [0.717, 1.165) is 12.5 Å². The van der Waals surface area contributed by atoms with Gasteiger partial charge in [0.1, 0.15) is 12.7 Å². The van der Waals surface area contributed by atoms with Crippen LogP contribution in [0.15, 0.2) is 25.3 Å². The van der Waals surface area contributed by atoms with Crippen molar-refractivity contribution in [3.8, 4) is 0 Å². The van der Waals surface area contributed by atoms with E-state index in [1.807, 2.05) is 20.8 Å². The van der Waals surface area contributed by atoms with Crippen molar-refractivity contribution in [2.24, 2.45) is 0 Å². The molecule has 204 valence electrons. The fourth-order valence-corrected chi connectivity index (χ4v) is 3.26. The zero-order chi connectivity index (χ0) is 26.8. The SMILES string of the molecule is C=CC(=O)NCC1OC(C)CC(CC(O)CC)O1.C=CC(=O)OCC(CO)OC(C)CC(O)CC. The van der Waals surface area contributed by atoms with E-state index < -0.39 is 24.5 Å². The molecule has 0 bridgehead atoms. The molecule has 10 nitrogen and oxygen atoms in total. The Morgan fingerprint density at radius 3 is 2.34 bits per heavy atom. The minimum Gasteiger partial charge on any atom is -0.460 e. The third-order valence-electron chi connectivity index (χ3n) is 5.24. The van der Waals surface area contributed by atoms with Crippen LogP contribution in [0.4, 0.5) is 0 Å². The van der Waals surface area contributed by atoms with Crippen molar-refractivity contribution in [2.45, 2.75) is 103 Å². The van der Waals surface area contributed by atoms with Crippen molar-refractivity contribution >= 4 is 11.9 Å². The molecule has 1 fully saturated rings. The molecule has 4 N–H and O–H groups in total. The van der Waals surface area contributed by atoms with Crippen LogP contribution < -0.4 is 5.32 Å². The Labute approximate surface area is 209 Å². The first-order valence-corrected chi connectivity index (χ1v) is 12.2. The molecule has 1 rings (SSSR count). The average molecular weight is 504 g/mol. The summed E-state index contributed by atoms with van der Waals surface area (Å²) < 4.78 is 21.5. The number of aliphatic hydroxyl groups is 3. The van der Waals surface area contributed by atoms with E-state index >= 15 is 0 Å². The van der Waals surface area contributed by atoms with Gasteiger partial charge in [0.05, 0.1) is 43.7 Å². The van der Waals surface area contributed by atoms with Crippen molar-refractivity contribution in [2.75, 3.05) is 19.8 Å². The largest absolute Gasteiger partial charge is 0.460 e. The van der Waals surface area contributed by atoms with Gasteiger partial charge in [-0.2, -0.15) is 0 Å². The summed E-state index contributed by atoms with van der Waals surface area (Å²) in [5.41, 5.74) is 0. The lowest BCUT2D eigenvalue weighted by molar-refractivity contribution is -0.239. The number of hydrogen-bond donors (Lipinski definition) is 4. The number of esters is 1. The molecule has 1 aliphatic rings. The fraction of sp³-hybridized carbons (Fsp3) is 0.760. The molecular formula is C25H45NO9. The topological polar surface area (TPSA) is 144 Å². The normalized spacial score (nSPS) is 23.0. The fourth-order valence-electron chi connectivity index (χ4n) is 3.26. The molecule has 7 unspecified atom stereocenters. The van der Waals surface area contributed by atoms with Crippen molar-refractivity contribution in [1.82, 2.24) is 5.32 Å². The van der Waals surface area contributed by atoms with E-state index in [2.05, 4.69) is 18.5 Å². The molecule has 0 aliphatic carbocycles. The lowest BCUT2D eigenvalue weighted by Gasteiger charge is -2.35. The lowest BCUT2D eigenvalue weighted by atomic mass is 10.0. The highest BCUT2D eigenvalue weighted by molar-refractivity contribution is 5.86. The van der Waals surface area contributed by atoms with Crippen LogP contribution in [0.1, 0.15) is 59.8 Å². The molecule has 0 aromatic carbocycles. The molecule has 0 radical (unpaired) electrons. The molecule has 7 atom stereocenters. The molecule has 1 heterocycles. The predicted octanol–water partition coefficient (Wildman–Crippen LogP) is 1.61. The number of carbonyl (C=O) groups excluding carboxylic acids is 2. The van der Waals surface area contributed by atoms with E-state index in [9.17, 15) is 19.8 Å². The van der Waals surface area contributed by atoms with Crippen molar-refractivity contribution < 1.29 is 43.9 Å². The highest BCUT2D eigenvalue weighted by Gasteiger charge is 2.29. The number of rotatable bonds is 15. The second-order valence-corrected chi connectivity index (χ2v) is 8.50. The van der Waals surface area contributed by atoms with Gasteiger partial charge in [-0.1, -0.05) is 27.0 Å². The van der Waals surface area contributed by atoms with Crippen LogP contribution in [-0.2, 0) is 28.5 Å². The number of nitrogens with one attached hydrogen (secondary N) is 1. The standard InChI is InChI=1S/C13H23NO4.C12H22O5/c1-4-10(15)7-11-6-9(3)17-13(18-11)8-14-12(16)5-2;1-4-10(14)6-9(3)17-11(7-13)8-16-12(15)5-2/h5,9-11,13,15H,2,4,6-8H2,1,3H3,(H,14,16);5,9-11,13-14H,2,4,6-8H2,1,3H3. The lowest BCUT2D eigenvalue weighted by Crippen LogP contribution is -2.44. The molecular weight excluding hydrogens is 458 g/mol. The number of ether oxygens (including phenoxy) is 4. The Bertz CT molecular complexity index is 616. The highest BCUT2D eigenvalue weighted by atomic mass is 16.7. The first-order chi connectivity index (χ1) is 16.6. The summed E-state index contributed by atoms with van der Waals surface area (Å²) in [6, 6.07) is 0. The van der Waals surface area contributed by atoms with E-state index in [1.165, 1.54) is 6.08 Å². The summed E-state index contributed by atoms with van der Waals surface area (Å²) in [4.78, 5) is 21.9. The zero-order valence-corrected chi connectivity index (χ0v) is 21.6. The Morgan fingerprint density at radius 1 is 1.14 bits per heavy atom. The van der Waals surface area contributed by atoms with Crippen LogP contribution in [-0.4, -0.2) is 89.9 Å². The highest BCUT2D eigenvalue weighted by Crippen LogP contribution is 2.22. The van der Waals surface area contributed by atoms with Gasteiger partial charge in [0, 0.05) is 6.08 Å². The maximum Gasteiger partial charge on any atom is 0.330 e. The van der Waals surface area contributed by atoms with Gasteiger partial charge in [-0.05, 0) is 52.0 Å². The van der Waals surface area contributed by atoms with Gasteiger partial charge < -0.3 is 39.6 Å². The monoisotopic (exact) mass is 503 g/mol. The Balaban J connectivity index is 0.000000662. The predicted molar refractivity (Wildman–Crippen MR) is 131 cm³/mol. The maximum absolute atomic E-state index is 11.1. The Morgan fingerprint density at radius 2 is 1.80 bits per heavy atom. The van der Waals surface area contributed by atoms with Crippen molar-refractivity contribution in [3.05, 3.63) is 25.3 Å². The van der Waals surface area contributed by atoms with Crippen LogP contribution in [0.2, 0.25) is 0 Å². The van der Waals surface area contributed by atoms with Crippen LogP contribution in [0.3, 0.4) is 0 Å². The summed E-state index contributed by atoms with van der Waals surface area (Å²) in [5, 5.41) is 30.8. The van der Waals surface area contributed by atoms with E-state index in [-0.39, 0.29) is 43.5 Å². The van der Waals surface area contributed by atoms with Gasteiger partial charge in [0.15, 0.2) is 6.29 Å². The molecule has 0 saturated carbocycles. The van der Waals surface area contributed by atoms with Crippen LogP contribution >= 0.6 is 0 Å². The van der Waals surface area contributed by atoms with Crippen LogP contribution in [0.5, 0.6) is 0 Å². The van der Waals surface area contributed by atoms with Gasteiger partial charge in [-0.3, -0.25) is 4.79 Å². The minimum absolute atomic E-state index is 0.0191. The second-order valence-electron chi connectivity index (χ2n) is 8.50. The first-order valence-electron chi connectivity index (χ1n) is 12.2. The van der Waals surface area contributed by atoms with Crippen molar-refractivity contribution in [1.29, 1.82) is 0 Å². The zero-order valence-electron chi connectivity index (χ0n) is 21.6. The quantitative estimate of drug-likeness (QED) is 0.193. The van der Waals surface area contributed by atoms with E-state index in [1.54, 1.807) is 6.92 Å². The third-order valence-corrected chi connectivity index (χ3v) is 5.24.